The van der Waals surface area contributed by atoms with Crippen LogP contribution in [0.25, 0.3) is 11.4 Å². The Bertz CT molecular complexity index is 1190. The van der Waals surface area contributed by atoms with Gasteiger partial charge in [-0.25, -0.2) is 19.3 Å². The third kappa shape index (κ3) is 5.41. The van der Waals surface area contributed by atoms with E-state index in [9.17, 15) is 22.4 Å². The first-order valence-corrected chi connectivity index (χ1v) is 11.2. The molecule has 35 heavy (non-hydrogen) atoms. The second-order valence-corrected chi connectivity index (χ2v) is 8.60. The van der Waals surface area contributed by atoms with E-state index < -0.39 is 17.6 Å². The highest BCUT2D eigenvalue weighted by atomic mass is 19.4. The average molecular weight is 488 g/mol. The number of benzene rings is 1. The molecule has 0 bridgehead atoms. The molecule has 1 fully saturated rings. The SMILES string of the molecule is Cc1cc(C(=O)N2CCCC(C)C2COc2ccc(C(F)(F)F)cn2)c(-c2ncccn2)cc1F. The minimum Gasteiger partial charge on any atom is -0.475 e. The van der Waals surface area contributed by atoms with Gasteiger partial charge in [-0.1, -0.05) is 6.92 Å². The number of carbonyl (C=O) groups is 1. The minimum atomic E-state index is -4.49. The topological polar surface area (TPSA) is 68.2 Å². The van der Waals surface area contributed by atoms with E-state index in [1.54, 1.807) is 17.9 Å². The molecule has 1 saturated heterocycles. The lowest BCUT2D eigenvalue weighted by molar-refractivity contribution is -0.137. The lowest BCUT2D eigenvalue weighted by Gasteiger charge is -2.40. The van der Waals surface area contributed by atoms with Crippen molar-refractivity contribution < 1.29 is 27.1 Å². The Morgan fingerprint density at radius 2 is 1.91 bits per heavy atom. The Hall–Kier alpha value is -3.56. The third-order valence-electron chi connectivity index (χ3n) is 6.18. The van der Waals surface area contributed by atoms with Gasteiger partial charge in [0.25, 0.3) is 5.91 Å². The first-order chi connectivity index (χ1) is 16.6. The molecule has 3 heterocycles. The summed E-state index contributed by atoms with van der Waals surface area (Å²) in [6.07, 6.45) is 0.904. The van der Waals surface area contributed by atoms with Gasteiger partial charge in [-0.2, -0.15) is 13.2 Å². The third-order valence-corrected chi connectivity index (χ3v) is 6.18. The van der Waals surface area contributed by atoms with E-state index in [0.29, 0.717) is 17.7 Å². The number of amides is 1. The van der Waals surface area contributed by atoms with Gasteiger partial charge in [0.05, 0.1) is 17.2 Å². The number of ether oxygens (including phenoxy) is 1. The van der Waals surface area contributed by atoms with Gasteiger partial charge in [0, 0.05) is 36.8 Å². The van der Waals surface area contributed by atoms with Crippen molar-refractivity contribution in [2.24, 2.45) is 5.92 Å². The summed E-state index contributed by atoms with van der Waals surface area (Å²) in [5, 5.41) is 0. The molecule has 10 heteroatoms. The predicted octanol–water partition coefficient (Wildman–Crippen LogP) is 5.32. The van der Waals surface area contributed by atoms with Crippen LogP contribution >= 0.6 is 0 Å². The molecule has 1 aliphatic rings. The second-order valence-electron chi connectivity index (χ2n) is 8.60. The lowest BCUT2D eigenvalue weighted by Crippen LogP contribution is -2.50. The molecule has 1 aliphatic heterocycles. The number of hydrogen-bond donors (Lipinski definition) is 0. The highest BCUT2D eigenvalue weighted by Gasteiger charge is 2.35. The maximum absolute atomic E-state index is 14.4. The number of alkyl halides is 3. The Morgan fingerprint density at radius 3 is 2.57 bits per heavy atom. The predicted molar refractivity (Wildman–Crippen MR) is 120 cm³/mol. The first-order valence-electron chi connectivity index (χ1n) is 11.2. The summed E-state index contributed by atoms with van der Waals surface area (Å²) in [5.41, 5.74) is 0.0257. The van der Waals surface area contributed by atoms with Crippen molar-refractivity contribution in [1.82, 2.24) is 19.9 Å². The quantitative estimate of drug-likeness (QED) is 0.455. The van der Waals surface area contributed by atoms with Crippen LogP contribution in [0.5, 0.6) is 5.88 Å². The number of nitrogens with zero attached hydrogens (tertiary/aromatic N) is 4. The van der Waals surface area contributed by atoms with Crippen LogP contribution in [0.4, 0.5) is 17.6 Å². The number of carbonyl (C=O) groups excluding carboxylic acids is 1. The van der Waals surface area contributed by atoms with Crippen molar-refractivity contribution in [2.45, 2.75) is 38.9 Å². The second kappa shape index (κ2) is 9.97. The monoisotopic (exact) mass is 488 g/mol. The standard InChI is InChI=1S/C25H24F4N4O2/c1-15-5-3-10-33(21(15)14-35-22-7-6-17(13-32-22)25(27,28)29)24(34)19-11-16(2)20(26)12-18(19)23-30-8-4-9-31-23/h4,6-9,11-13,15,21H,3,5,10,14H2,1-2H3. The molecule has 0 saturated carbocycles. The van der Waals surface area contributed by atoms with Crippen LogP contribution in [-0.4, -0.2) is 45.0 Å². The van der Waals surface area contributed by atoms with Gasteiger partial charge in [-0.3, -0.25) is 4.79 Å². The summed E-state index contributed by atoms with van der Waals surface area (Å²) in [5.74, 6) is -0.429. The van der Waals surface area contributed by atoms with E-state index in [-0.39, 0.29) is 41.7 Å². The van der Waals surface area contributed by atoms with Crippen LogP contribution in [-0.2, 0) is 6.18 Å². The van der Waals surface area contributed by atoms with Gasteiger partial charge in [-0.15, -0.1) is 0 Å². The normalized spacial score (nSPS) is 18.4. The molecule has 0 radical (unpaired) electrons. The molecule has 2 atom stereocenters. The summed E-state index contributed by atoms with van der Waals surface area (Å²) in [6.45, 7) is 4.09. The Balaban J connectivity index is 1.60. The zero-order valence-electron chi connectivity index (χ0n) is 19.2. The highest BCUT2D eigenvalue weighted by Crippen LogP contribution is 2.31. The minimum absolute atomic E-state index is 0.0409. The van der Waals surface area contributed by atoms with E-state index in [0.717, 1.165) is 31.2 Å². The van der Waals surface area contributed by atoms with Crippen LogP contribution in [0.2, 0.25) is 0 Å². The molecule has 2 unspecified atom stereocenters. The molecule has 0 N–H and O–H groups in total. The van der Waals surface area contributed by atoms with Crippen molar-refractivity contribution in [3.8, 4) is 17.3 Å². The summed E-state index contributed by atoms with van der Waals surface area (Å²) in [7, 11) is 0. The highest BCUT2D eigenvalue weighted by molar-refractivity contribution is 6.00. The lowest BCUT2D eigenvalue weighted by atomic mass is 9.90. The van der Waals surface area contributed by atoms with Gasteiger partial charge < -0.3 is 9.64 Å². The van der Waals surface area contributed by atoms with Crippen LogP contribution in [0.1, 0.15) is 41.3 Å². The molecular weight excluding hydrogens is 464 g/mol. The number of aromatic nitrogens is 3. The van der Waals surface area contributed by atoms with Crippen molar-refractivity contribution >= 4 is 5.91 Å². The number of pyridine rings is 1. The van der Waals surface area contributed by atoms with Gasteiger partial charge in [0.2, 0.25) is 5.88 Å². The summed E-state index contributed by atoms with van der Waals surface area (Å²) >= 11 is 0. The van der Waals surface area contributed by atoms with Gasteiger partial charge in [0.1, 0.15) is 12.4 Å². The molecule has 3 aromatic rings. The first kappa shape index (κ1) is 24.6. The smallest absolute Gasteiger partial charge is 0.417 e. The fourth-order valence-electron chi connectivity index (χ4n) is 4.20. The molecule has 4 rings (SSSR count). The molecular formula is C25H24F4N4O2. The van der Waals surface area contributed by atoms with Crippen molar-refractivity contribution in [3.05, 3.63) is 71.4 Å². The van der Waals surface area contributed by atoms with Gasteiger partial charge in [0.15, 0.2) is 5.82 Å². The van der Waals surface area contributed by atoms with Crippen molar-refractivity contribution in [1.29, 1.82) is 0 Å². The molecule has 2 aromatic heterocycles. The van der Waals surface area contributed by atoms with Gasteiger partial charge in [-0.05, 0) is 55.5 Å². The summed E-state index contributed by atoms with van der Waals surface area (Å²) in [4.78, 5) is 27.5. The summed E-state index contributed by atoms with van der Waals surface area (Å²) in [6, 6.07) is 6.11. The van der Waals surface area contributed by atoms with E-state index in [4.69, 9.17) is 4.74 Å². The largest absolute Gasteiger partial charge is 0.475 e. The maximum Gasteiger partial charge on any atom is 0.417 e. The molecule has 0 aliphatic carbocycles. The number of likely N-dealkylation sites (tertiary alicyclic amines) is 1. The van der Waals surface area contributed by atoms with Crippen LogP contribution in [0.15, 0.2) is 48.9 Å². The zero-order valence-corrected chi connectivity index (χ0v) is 19.2. The Labute approximate surface area is 200 Å². The van der Waals surface area contributed by atoms with Crippen LogP contribution in [0, 0.1) is 18.7 Å². The van der Waals surface area contributed by atoms with E-state index >= 15 is 0 Å². The molecule has 0 spiro atoms. The van der Waals surface area contributed by atoms with Crippen LogP contribution < -0.4 is 4.74 Å². The fraction of sp³-hybridized carbons (Fsp3) is 0.360. The van der Waals surface area contributed by atoms with Crippen molar-refractivity contribution in [2.75, 3.05) is 13.2 Å². The molecule has 1 aromatic carbocycles. The number of aryl methyl sites for hydroxylation is 1. The van der Waals surface area contributed by atoms with Crippen molar-refractivity contribution in [3.63, 3.8) is 0 Å². The average Bonchev–Trinajstić information content (AvgIpc) is 2.84. The van der Waals surface area contributed by atoms with E-state index in [1.165, 1.54) is 24.5 Å². The number of rotatable bonds is 5. The molecule has 1 amide bonds. The zero-order chi connectivity index (χ0) is 25.2. The Kier molecular flexibility index (Phi) is 7.00. The molecule has 6 nitrogen and oxygen atoms in total. The Morgan fingerprint density at radius 1 is 1.17 bits per heavy atom. The fourth-order valence-corrected chi connectivity index (χ4v) is 4.20. The maximum atomic E-state index is 14.4. The van der Waals surface area contributed by atoms with E-state index in [2.05, 4.69) is 15.0 Å². The number of halogens is 4. The molecule has 184 valence electrons. The number of piperidine rings is 1. The number of hydrogen-bond acceptors (Lipinski definition) is 5. The van der Waals surface area contributed by atoms with Crippen LogP contribution in [0.3, 0.4) is 0 Å². The van der Waals surface area contributed by atoms with E-state index in [1.807, 2.05) is 6.92 Å². The summed E-state index contributed by atoms with van der Waals surface area (Å²) < 4.78 is 58.5. The van der Waals surface area contributed by atoms with Gasteiger partial charge >= 0.3 is 6.18 Å².